The third-order valence-electron chi connectivity index (χ3n) is 4.47. The molecule has 0 saturated heterocycles. The summed E-state index contributed by atoms with van der Waals surface area (Å²) in [4.78, 5) is 13.8. The highest BCUT2D eigenvalue weighted by molar-refractivity contribution is 7.17. The lowest BCUT2D eigenvalue weighted by Gasteiger charge is -2.13. The van der Waals surface area contributed by atoms with Gasteiger partial charge in [0.2, 0.25) is 0 Å². The average molecular weight is 355 g/mol. The van der Waals surface area contributed by atoms with Gasteiger partial charge in [-0.05, 0) is 53.8 Å². The Hall–Kier alpha value is -2.53. The first-order valence-corrected chi connectivity index (χ1v) is 8.87. The van der Waals surface area contributed by atoms with Crippen molar-refractivity contribution < 1.29 is 13.6 Å². The lowest BCUT2D eigenvalue weighted by molar-refractivity contribution is 0.0941. The Morgan fingerprint density at radius 2 is 1.88 bits per heavy atom. The number of benzene rings is 2. The van der Waals surface area contributed by atoms with Gasteiger partial charge in [-0.25, -0.2) is 8.78 Å². The van der Waals surface area contributed by atoms with Gasteiger partial charge in [-0.1, -0.05) is 30.3 Å². The van der Waals surface area contributed by atoms with Crippen LogP contribution in [0.2, 0.25) is 0 Å². The molecule has 4 rings (SSSR count). The quantitative estimate of drug-likeness (QED) is 0.695. The number of carbonyl (C=O) groups is 1. The van der Waals surface area contributed by atoms with E-state index >= 15 is 0 Å². The summed E-state index contributed by atoms with van der Waals surface area (Å²) in [5, 5.41) is 3.07. The molecule has 1 heterocycles. The fourth-order valence-corrected chi connectivity index (χ4v) is 4.11. The summed E-state index contributed by atoms with van der Waals surface area (Å²) < 4.78 is 26.5. The molecule has 25 heavy (non-hydrogen) atoms. The Kier molecular flexibility index (Phi) is 4.09. The Labute approximate surface area is 148 Å². The normalized spacial score (nSPS) is 15.8. The van der Waals surface area contributed by atoms with E-state index in [-0.39, 0.29) is 11.9 Å². The lowest BCUT2D eigenvalue weighted by Crippen LogP contribution is -2.26. The maximum Gasteiger partial charge on any atom is 0.261 e. The topological polar surface area (TPSA) is 29.1 Å². The number of carbonyl (C=O) groups excluding carboxylic acids is 1. The largest absolute Gasteiger partial charge is 0.345 e. The van der Waals surface area contributed by atoms with Crippen LogP contribution in [0.1, 0.15) is 33.3 Å². The second-order valence-electron chi connectivity index (χ2n) is 6.06. The SMILES string of the molecule is O=C(NC1CCc2ccccc21)c1ccc(-c2ccc(F)c(F)c2)s1. The zero-order chi connectivity index (χ0) is 17.4. The van der Waals surface area contributed by atoms with Crippen LogP contribution in [-0.4, -0.2) is 5.91 Å². The van der Waals surface area contributed by atoms with Crippen molar-refractivity contribution in [1.82, 2.24) is 5.32 Å². The number of hydrogen-bond acceptors (Lipinski definition) is 2. The summed E-state index contributed by atoms with van der Waals surface area (Å²) in [5.74, 6) is -1.90. The molecule has 1 unspecified atom stereocenters. The molecule has 126 valence electrons. The molecule has 2 aromatic carbocycles. The third-order valence-corrected chi connectivity index (χ3v) is 5.61. The van der Waals surface area contributed by atoms with Crippen molar-refractivity contribution in [2.75, 3.05) is 0 Å². The van der Waals surface area contributed by atoms with Gasteiger partial charge in [-0.3, -0.25) is 4.79 Å². The molecule has 0 radical (unpaired) electrons. The molecule has 0 saturated carbocycles. The van der Waals surface area contributed by atoms with Gasteiger partial charge in [0.25, 0.3) is 5.91 Å². The second-order valence-corrected chi connectivity index (χ2v) is 7.14. The number of halogens is 2. The van der Waals surface area contributed by atoms with Crippen molar-refractivity contribution in [1.29, 1.82) is 0 Å². The summed E-state index contributed by atoms with van der Waals surface area (Å²) in [5.41, 5.74) is 3.02. The fraction of sp³-hybridized carbons (Fsp3) is 0.150. The molecule has 1 aliphatic carbocycles. The van der Waals surface area contributed by atoms with Gasteiger partial charge in [0.1, 0.15) is 0 Å². The summed E-state index contributed by atoms with van der Waals surface area (Å²) in [6.07, 6.45) is 1.86. The van der Waals surface area contributed by atoms with Crippen molar-refractivity contribution >= 4 is 17.2 Å². The third kappa shape index (κ3) is 3.07. The zero-order valence-corrected chi connectivity index (χ0v) is 14.1. The van der Waals surface area contributed by atoms with E-state index in [1.807, 2.05) is 12.1 Å². The molecular weight excluding hydrogens is 340 g/mol. The van der Waals surface area contributed by atoms with E-state index in [1.54, 1.807) is 12.1 Å². The molecule has 0 spiro atoms. The molecule has 1 amide bonds. The Morgan fingerprint density at radius 1 is 1.04 bits per heavy atom. The van der Waals surface area contributed by atoms with Gasteiger partial charge in [0.05, 0.1) is 10.9 Å². The molecule has 1 N–H and O–H groups in total. The maximum atomic E-state index is 13.4. The molecule has 1 atom stereocenters. The summed E-state index contributed by atoms with van der Waals surface area (Å²) in [6.45, 7) is 0. The van der Waals surface area contributed by atoms with Gasteiger partial charge in [-0.15, -0.1) is 11.3 Å². The highest BCUT2D eigenvalue weighted by Gasteiger charge is 2.24. The van der Waals surface area contributed by atoms with E-state index in [1.165, 1.54) is 28.5 Å². The van der Waals surface area contributed by atoms with Crippen molar-refractivity contribution in [3.63, 3.8) is 0 Å². The van der Waals surface area contributed by atoms with Gasteiger partial charge in [-0.2, -0.15) is 0 Å². The maximum absolute atomic E-state index is 13.4. The number of fused-ring (bicyclic) bond motifs is 1. The van der Waals surface area contributed by atoms with Crippen LogP contribution in [0.15, 0.2) is 54.6 Å². The lowest BCUT2D eigenvalue weighted by atomic mass is 10.1. The van der Waals surface area contributed by atoms with E-state index in [9.17, 15) is 13.6 Å². The van der Waals surface area contributed by atoms with Crippen LogP contribution in [0.4, 0.5) is 8.78 Å². The second kappa shape index (κ2) is 6.41. The van der Waals surface area contributed by atoms with E-state index in [0.29, 0.717) is 10.4 Å². The Bertz CT molecular complexity index is 950. The molecule has 2 nitrogen and oxygen atoms in total. The van der Waals surface area contributed by atoms with Gasteiger partial charge in [0.15, 0.2) is 11.6 Å². The molecule has 0 bridgehead atoms. The number of aryl methyl sites for hydroxylation is 1. The predicted octanol–water partition coefficient (Wildman–Crippen LogP) is 5.11. The number of thiophene rings is 1. The number of amides is 1. The predicted molar refractivity (Wildman–Crippen MR) is 94.6 cm³/mol. The monoisotopic (exact) mass is 355 g/mol. The van der Waals surface area contributed by atoms with Gasteiger partial charge >= 0.3 is 0 Å². The van der Waals surface area contributed by atoms with Crippen LogP contribution in [0.3, 0.4) is 0 Å². The molecule has 0 aliphatic heterocycles. The van der Waals surface area contributed by atoms with Crippen LogP contribution >= 0.6 is 11.3 Å². The molecule has 0 fully saturated rings. The summed E-state index contributed by atoms with van der Waals surface area (Å²) in [6, 6.07) is 15.4. The van der Waals surface area contributed by atoms with Crippen LogP contribution in [0.5, 0.6) is 0 Å². The summed E-state index contributed by atoms with van der Waals surface area (Å²) >= 11 is 1.27. The number of nitrogens with one attached hydrogen (secondary N) is 1. The zero-order valence-electron chi connectivity index (χ0n) is 13.3. The standard InChI is InChI=1S/C20H15F2NOS/c21-15-7-5-13(11-16(15)22)18-9-10-19(25-18)20(24)23-17-8-6-12-3-1-2-4-14(12)17/h1-5,7,9-11,17H,6,8H2,(H,23,24). The molecular formula is C20H15F2NOS. The molecule has 1 aliphatic rings. The average Bonchev–Trinajstić information content (AvgIpc) is 3.25. The van der Waals surface area contributed by atoms with Crippen molar-refractivity contribution in [2.45, 2.75) is 18.9 Å². The van der Waals surface area contributed by atoms with E-state index in [0.717, 1.165) is 29.9 Å². The number of rotatable bonds is 3. The minimum absolute atomic E-state index is 0.0255. The van der Waals surface area contributed by atoms with Crippen molar-refractivity contribution in [3.8, 4) is 10.4 Å². The van der Waals surface area contributed by atoms with Gasteiger partial charge in [0, 0.05) is 4.88 Å². The van der Waals surface area contributed by atoms with Crippen LogP contribution < -0.4 is 5.32 Å². The smallest absolute Gasteiger partial charge is 0.261 e. The van der Waals surface area contributed by atoms with E-state index in [4.69, 9.17) is 0 Å². The Morgan fingerprint density at radius 3 is 2.72 bits per heavy atom. The van der Waals surface area contributed by atoms with Crippen LogP contribution in [0, 0.1) is 11.6 Å². The number of hydrogen-bond donors (Lipinski definition) is 1. The highest BCUT2D eigenvalue weighted by Crippen LogP contribution is 2.33. The first-order chi connectivity index (χ1) is 12.1. The van der Waals surface area contributed by atoms with E-state index < -0.39 is 11.6 Å². The molecule has 5 heteroatoms. The minimum Gasteiger partial charge on any atom is -0.345 e. The van der Waals surface area contributed by atoms with Crippen molar-refractivity contribution in [3.05, 3.63) is 82.2 Å². The first-order valence-electron chi connectivity index (χ1n) is 8.06. The highest BCUT2D eigenvalue weighted by atomic mass is 32.1. The first kappa shape index (κ1) is 16.0. The van der Waals surface area contributed by atoms with Crippen molar-refractivity contribution in [2.24, 2.45) is 0 Å². The van der Waals surface area contributed by atoms with Crippen LogP contribution in [-0.2, 0) is 6.42 Å². The van der Waals surface area contributed by atoms with Gasteiger partial charge < -0.3 is 5.32 Å². The fourth-order valence-electron chi connectivity index (χ4n) is 3.20. The minimum atomic E-state index is -0.889. The Balaban J connectivity index is 1.52. The van der Waals surface area contributed by atoms with Crippen LogP contribution in [0.25, 0.3) is 10.4 Å². The molecule has 3 aromatic rings. The molecule has 1 aromatic heterocycles. The van der Waals surface area contributed by atoms with E-state index in [2.05, 4.69) is 17.4 Å². The summed E-state index contributed by atoms with van der Waals surface area (Å²) in [7, 11) is 0.